The van der Waals surface area contributed by atoms with E-state index in [0.29, 0.717) is 43.0 Å². The lowest BCUT2D eigenvalue weighted by atomic mass is 9.90. The second kappa shape index (κ2) is 13.6. The Morgan fingerprint density at radius 3 is 2.10 bits per heavy atom. The van der Waals surface area contributed by atoms with Gasteiger partial charge in [-0.05, 0) is 48.2 Å². The lowest BCUT2D eigenvalue weighted by Gasteiger charge is -2.29. The number of hydrogen-bond donors (Lipinski definition) is 0. The summed E-state index contributed by atoms with van der Waals surface area (Å²) in [5.41, 5.74) is 2.40. The molecule has 0 fully saturated rings. The second-order valence-corrected chi connectivity index (χ2v) is 10.0. The molecule has 0 unspecified atom stereocenters. The fourth-order valence-electron chi connectivity index (χ4n) is 4.71. The van der Waals surface area contributed by atoms with Crippen LogP contribution in [-0.4, -0.2) is 30.4 Å². The molecular formula is C33H31ClF3NO2. The van der Waals surface area contributed by atoms with E-state index in [9.17, 15) is 18.0 Å². The monoisotopic (exact) mass is 565 g/mol. The lowest BCUT2D eigenvalue weighted by molar-refractivity contribution is -0.137. The molecule has 0 saturated heterocycles. The van der Waals surface area contributed by atoms with Crippen molar-refractivity contribution in [1.82, 2.24) is 4.90 Å². The summed E-state index contributed by atoms with van der Waals surface area (Å²) in [7, 11) is 0. The van der Waals surface area contributed by atoms with Crippen molar-refractivity contribution in [2.24, 2.45) is 0 Å². The highest BCUT2D eigenvalue weighted by Gasteiger charge is 2.34. The van der Waals surface area contributed by atoms with Gasteiger partial charge in [-0.1, -0.05) is 96.5 Å². The fourth-order valence-corrected chi connectivity index (χ4v) is 5.00. The molecular weight excluding hydrogens is 535 g/mol. The number of Topliss-reactive ketones (excluding diaryl/α,β-unsaturated/α-hetero) is 1. The molecule has 40 heavy (non-hydrogen) atoms. The zero-order valence-corrected chi connectivity index (χ0v) is 23.0. The first-order valence-corrected chi connectivity index (χ1v) is 13.5. The van der Waals surface area contributed by atoms with E-state index in [-0.39, 0.29) is 23.3 Å². The van der Waals surface area contributed by atoms with Gasteiger partial charge in [-0.15, -0.1) is 0 Å². The average molecular weight is 566 g/mol. The number of ketones is 1. The van der Waals surface area contributed by atoms with Crippen LogP contribution in [0.2, 0.25) is 5.02 Å². The Hall–Kier alpha value is -3.61. The van der Waals surface area contributed by atoms with Gasteiger partial charge in [0.05, 0.1) is 17.2 Å². The van der Waals surface area contributed by atoms with Crippen molar-refractivity contribution in [1.29, 1.82) is 0 Å². The molecule has 7 heteroatoms. The molecule has 3 nitrogen and oxygen atoms in total. The van der Waals surface area contributed by atoms with E-state index in [1.807, 2.05) is 36.4 Å². The Labute approximate surface area is 238 Å². The van der Waals surface area contributed by atoms with Gasteiger partial charge in [0.15, 0.2) is 5.78 Å². The van der Waals surface area contributed by atoms with Crippen LogP contribution in [0.15, 0.2) is 103 Å². The van der Waals surface area contributed by atoms with Gasteiger partial charge in [-0.3, -0.25) is 9.69 Å². The first-order valence-electron chi connectivity index (χ1n) is 13.1. The molecule has 0 radical (unpaired) electrons. The molecule has 0 atom stereocenters. The van der Waals surface area contributed by atoms with Crippen LogP contribution in [0.25, 0.3) is 0 Å². The Bertz CT molecular complexity index is 1350. The van der Waals surface area contributed by atoms with Crippen LogP contribution in [0.3, 0.4) is 0 Å². The first-order chi connectivity index (χ1) is 19.2. The number of halogens is 4. The van der Waals surface area contributed by atoms with Gasteiger partial charge in [0, 0.05) is 31.1 Å². The lowest BCUT2D eigenvalue weighted by Crippen LogP contribution is -2.31. The molecule has 0 N–H and O–H groups in total. The molecule has 208 valence electrons. The van der Waals surface area contributed by atoms with Crippen LogP contribution in [0.5, 0.6) is 5.75 Å². The number of nitrogens with zero attached hydrogens (tertiary/aromatic N) is 1. The maximum atomic E-state index is 13.6. The van der Waals surface area contributed by atoms with Crippen molar-refractivity contribution in [3.63, 3.8) is 0 Å². The van der Waals surface area contributed by atoms with E-state index in [1.165, 1.54) is 13.0 Å². The third-order valence-electron chi connectivity index (χ3n) is 6.75. The van der Waals surface area contributed by atoms with E-state index in [0.717, 1.165) is 17.2 Å². The Balaban J connectivity index is 1.56. The van der Waals surface area contributed by atoms with Crippen molar-refractivity contribution >= 4 is 17.4 Å². The number of carbonyl (C=O) groups excluding carboxylic acids is 1. The predicted molar refractivity (Wildman–Crippen MR) is 153 cm³/mol. The third kappa shape index (κ3) is 7.96. The summed E-state index contributed by atoms with van der Waals surface area (Å²) in [6, 6.07) is 31.2. The van der Waals surface area contributed by atoms with Gasteiger partial charge in [0.1, 0.15) is 5.75 Å². The van der Waals surface area contributed by atoms with Crippen LogP contribution < -0.4 is 4.74 Å². The van der Waals surface area contributed by atoms with E-state index < -0.39 is 11.7 Å². The minimum atomic E-state index is -4.53. The molecule has 0 aliphatic rings. The largest absolute Gasteiger partial charge is 0.494 e. The maximum Gasteiger partial charge on any atom is 0.417 e. The maximum absolute atomic E-state index is 13.6. The van der Waals surface area contributed by atoms with Gasteiger partial charge < -0.3 is 4.74 Å². The number of alkyl halides is 3. The molecule has 0 aliphatic heterocycles. The van der Waals surface area contributed by atoms with Crippen molar-refractivity contribution in [3.8, 4) is 5.75 Å². The number of carbonyl (C=O) groups is 1. The van der Waals surface area contributed by atoms with E-state index in [2.05, 4.69) is 29.2 Å². The molecule has 4 rings (SSSR count). The smallest absolute Gasteiger partial charge is 0.417 e. The summed E-state index contributed by atoms with van der Waals surface area (Å²) in [5.74, 6) is 0.564. The van der Waals surface area contributed by atoms with Gasteiger partial charge >= 0.3 is 6.18 Å². The highest BCUT2D eigenvalue weighted by atomic mass is 35.5. The van der Waals surface area contributed by atoms with E-state index in [1.54, 1.807) is 30.3 Å². The summed E-state index contributed by atoms with van der Waals surface area (Å²) in [6.07, 6.45) is -3.91. The summed E-state index contributed by atoms with van der Waals surface area (Å²) in [4.78, 5) is 13.8. The molecule has 4 aromatic rings. The first kappa shape index (κ1) is 29.4. The summed E-state index contributed by atoms with van der Waals surface area (Å²) in [5, 5.41) is -0.270. The highest BCUT2D eigenvalue weighted by molar-refractivity contribution is 6.32. The van der Waals surface area contributed by atoms with Crippen LogP contribution in [-0.2, 0) is 12.7 Å². The highest BCUT2D eigenvalue weighted by Crippen LogP contribution is 2.37. The molecule has 0 bridgehead atoms. The molecule has 0 aliphatic carbocycles. The quantitative estimate of drug-likeness (QED) is 0.127. The van der Waals surface area contributed by atoms with Gasteiger partial charge in [0.2, 0.25) is 0 Å². The van der Waals surface area contributed by atoms with Gasteiger partial charge in [-0.25, -0.2) is 0 Å². The number of hydrogen-bond acceptors (Lipinski definition) is 3. The van der Waals surface area contributed by atoms with Gasteiger partial charge in [0.25, 0.3) is 0 Å². The van der Waals surface area contributed by atoms with Crippen molar-refractivity contribution < 1.29 is 22.7 Å². The molecule has 0 saturated carbocycles. The van der Waals surface area contributed by atoms with Crippen LogP contribution in [0.1, 0.15) is 51.9 Å². The number of benzene rings is 4. The Morgan fingerprint density at radius 1 is 0.875 bits per heavy atom. The molecule has 0 amide bonds. The Morgan fingerprint density at radius 2 is 1.50 bits per heavy atom. The van der Waals surface area contributed by atoms with Crippen molar-refractivity contribution in [3.05, 3.63) is 136 Å². The summed E-state index contributed by atoms with van der Waals surface area (Å²) >= 11 is 6.29. The van der Waals surface area contributed by atoms with Crippen molar-refractivity contribution in [2.75, 3.05) is 19.7 Å². The molecule has 0 heterocycles. The van der Waals surface area contributed by atoms with Crippen LogP contribution >= 0.6 is 11.6 Å². The zero-order chi connectivity index (χ0) is 28.5. The van der Waals surface area contributed by atoms with Crippen LogP contribution in [0, 0.1) is 0 Å². The standard InChI is InChI=1S/C33H31ClF3NO2/c1-24(39)27-15-8-17-29(21-27)40-20-10-19-38(22-28-16-9-18-31(32(28)34)33(35,36)37)23-30(25-11-4-2-5-12-25)26-13-6-3-7-14-26/h2-9,11-18,21,30H,10,19-20,22-23H2,1H3. The van der Waals surface area contributed by atoms with Crippen molar-refractivity contribution in [2.45, 2.75) is 32.0 Å². The topological polar surface area (TPSA) is 29.5 Å². The summed E-state index contributed by atoms with van der Waals surface area (Å²) < 4.78 is 46.6. The SMILES string of the molecule is CC(=O)c1cccc(OCCCN(Cc2cccc(C(F)(F)F)c2Cl)CC(c2ccccc2)c2ccccc2)c1. The third-order valence-corrected chi connectivity index (χ3v) is 7.20. The number of ether oxygens (including phenoxy) is 1. The van der Waals surface area contributed by atoms with E-state index in [4.69, 9.17) is 16.3 Å². The molecule has 0 aromatic heterocycles. The number of rotatable bonds is 12. The minimum absolute atomic E-state index is 0.000130. The predicted octanol–water partition coefficient (Wildman–Crippen LogP) is 8.66. The Kier molecular flexibility index (Phi) is 10.0. The molecule has 4 aromatic carbocycles. The summed E-state index contributed by atoms with van der Waals surface area (Å²) in [6.45, 7) is 3.27. The van der Waals surface area contributed by atoms with Gasteiger partial charge in [-0.2, -0.15) is 13.2 Å². The zero-order valence-electron chi connectivity index (χ0n) is 22.2. The van der Waals surface area contributed by atoms with E-state index >= 15 is 0 Å². The minimum Gasteiger partial charge on any atom is -0.494 e. The fraction of sp³-hybridized carbons (Fsp3) is 0.242. The van der Waals surface area contributed by atoms with Crippen LogP contribution in [0.4, 0.5) is 13.2 Å². The average Bonchev–Trinajstić information content (AvgIpc) is 2.95. The molecule has 0 spiro atoms. The second-order valence-electron chi connectivity index (χ2n) is 9.67. The normalized spacial score (nSPS) is 11.7.